The van der Waals surface area contributed by atoms with Gasteiger partial charge in [0.1, 0.15) is 0 Å². The Hall–Kier alpha value is -1.49. The van der Waals surface area contributed by atoms with Crippen LogP contribution in [-0.2, 0) is 4.79 Å². The van der Waals surface area contributed by atoms with E-state index in [1.165, 1.54) is 5.56 Å². The average molecular weight is 289 g/mol. The lowest BCUT2D eigenvalue weighted by Crippen LogP contribution is -2.34. The van der Waals surface area contributed by atoms with Crippen LogP contribution < -0.4 is 10.6 Å². The summed E-state index contributed by atoms with van der Waals surface area (Å²) in [4.78, 5) is 16.0. The van der Waals surface area contributed by atoms with Gasteiger partial charge in [-0.2, -0.15) is 0 Å². The molecule has 0 spiro atoms. The van der Waals surface area contributed by atoms with Gasteiger partial charge in [0.25, 0.3) is 0 Å². The van der Waals surface area contributed by atoms with Gasteiger partial charge in [0.05, 0.1) is 11.8 Å². The van der Waals surface area contributed by atoms with E-state index in [-0.39, 0.29) is 11.8 Å². The summed E-state index contributed by atoms with van der Waals surface area (Å²) in [5.74, 6) is 0.491. The van der Waals surface area contributed by atoms with Crippen molar-refractivity contribution in [3.63, 3.8) is 0 Å². The van der Waals surface area contributed by atoms with Crippen LogP contribution in [0.25, 0.3) is 0 Å². The molecule has 1 aromatic carbocycles. The van der Waals surface area contributed by atoms with Crippen molar-refractivity contribution >= 4 is 22.8 Å². The van der Waals surface area contributed by atoms with Crippen LogP contribution in [0.2, 0.25) is 0 Å². The SMILES string of the molecule is O=C(NCCNC1=NCC(c2ccccc2)S1)C1CC1. The molecule has 1 aliphatic carbocycles. The number of amidine groups is 1. The van der Waals surface area contributed by atoms with Gasteiger partial charge in [-0.15, -0.1) is 0 Å². The van der Waals surface area contributed by atoms with Gasteiger partial charge in [0, 0.05) is 19.0 Å². The number of carbonyl (C=O) groups excluding carboxylic acids is 1. The first-order chi connectivity index (χ1) is 9.83. The molecule has 1 unspecified atom stereocenters. The number of nitrogens with one attached hydrogen (secondary N) is 2. The molecule has 2 aliphatic rings. The number of thioether (sulfide) groups is 1. The Kier molecular flexibility index (Phi) is 4.25. The average Bonchev–Trinajstić information content (AvgIpc) is 3.23. The smallest absolute Gasteiger partial charge is 0.223 e. The zero-order valence-corrected chi connectivity index (χ0v) is 12.2. The Bertz CT molecular complexity index is 499. The van der Waals surface area contributed by atoms with Gasteiger partial charge < -0.3 is 10.6 Å². The number of carbonyl (C=O) groups is 1. The third-order valence-corrected chi connectivity index (χ3v) is 4.68. The fourth-order valence-corrected chi connectivity index (χ4v) is 3.21. The topological polar surface area (TPSA) is 53.5 Å². The fraction of sp³-hybridized carbons (Fsp3) is 0.467. The van der Waals surface area contributed by atoms with E-state index in [1.54, 1.807) is 11.8 Å². The maximum atomic E-state index is 11.5. The van der Waals surface area contributed by atoms with Crippen molar-refractivity contribution in [2.75, 3.05) is 19.6 Å². The number of hydrogen-bond donors (Lipinski definition) is 2. The van der Waals surface area contributed by atoms with Gasteiger partial charge in [0.15, 0.2) is 5.17 Å². The number of amides is 1. The molecule has 3 rings (SSSR count). The van der Waals surface area contributed by atoms with Gasteiger partial charge in [-0.3, -0.25) is 9.79 Å². The van der Waals surface area contributed by atoms with E-state index in [2.05, 4.69) is 39.9 Å². The van der Waals surface area contributed by atoms with Crippen molar-refractivity contribution in [3.8, 4) is 0 Å². The van der Waals surface area contributed by atoms with Crippen molar-refractivity contribution in [1.82, 2.24) is 10.6 Å². The summed E-state index contributed by atoms with van der Waals surface area (Å²) >= 11 is 1.77. The maximum Gasteiger partial charge on any atom is 0.223 e. The van der Waals surface area contributed by atoms with Gasteiger partial charge in [-0.05, 0) is 18.4 Å². The molecule has 1 amide bonds. The van der Waals surface area contributed by atoms with Crippen LogP contribution >= 0.6 is 11.8 Å². The predicted octanol–water partition coefficient (Wildman–Crippen LogP) is 1.95. The Balaban J connectivity index is 1.36. The van der Waals surface area contributed by atoms with Crippen LogP contribution in [0, 0.1) is 5.92 Å². The predicted molar refractivity (Wildman–Crippen MR) is 82.8 cm³/mol. The highest BCUT2D eigenvalue weighted by molar-refractivity contribution is 8.14. The van der Waals surface area contributed by atoms with Crippen LogP contribution in [0.15, 0.2) is 35.3 Å². The third-order valence-electron chi connectivity index (χ3n) is 3.47. The zero-order chi connectivity index (χ0) is 13.8. The van der Waals surface area contributed by atoms with E-state index in [9.17, 15) is 4.79 Å². The monoisotopic (exact) mass is 289 g/mol. The first-order valence-corrected chi connectivity index (χ1v) is 7.98. The lowest BCUT2D eigenvalue weighted by atomic mass is 10.1. The zero-order valence-electron chi connectivity index (χ0n) is 11.3. The van der Waals surface area contributed by atoms with E-state index < -0.39 is 0 Å². The molecule has 1 aromatic rings. The molecule has 20 heavy (non-hydrogen) atoms. The Morgan fingerprint density at radius 2 is 2.05 bits per heavy atom. The molecule has 2 N–H and O–H groups in total. The van der Waals surface area contributed by atoms with Crippen LogP contribution in [0.3, 0.4) is 0 Å². The van der Waals surface area contributed by atoms with Gasteiger partial charge in [-0.1, -0.05) is 42.1 Å². The number of benzene rings is 1. The lowest BCUT2D eigenvalue weighted by Gasteiger charge is -2.09. The van der Waals surface area contributed by atoms with Crippen molar-refractivity contribution < 1.29 is 4.79 Å². The molecular formula is C15H19N3OS. The molecule has 0 bridgehead atoms. The number of nitrogens with zero attached hydrogens (tertiary/aromatic N) is 1. The molecule has 1 heterocycles. The van der Waals surface area contributed by atoms with Crippen molar-refractivity contribution in [2.45, 2.75) is 18.1 Å². The molecule has 1 atom stereocenters. The molecule has 0 aromatic heterocycles. The highest BCUT2D eigenvalue weighted by Crippen LogP contribution is 2.34. The van der Waals surface area contributed by atoms with Crippen LogP contribution in [0.1, 0.15) is 23.7 Å². The summed E-state index contributed by atoms with van der Waals surface area (Å²) in [6, 6.07) is 10.5. The van der Waals surface area contributed by atoms with Gasteiger partial charge in [-0.25, -0.2) is 0 Å². The second kappa shape index (κ2) is 6.31. The quantitative estimate of drug-likeness (QED) is 0.815. The Morgan fingerprint density at radius 3 is 2.80 bits per heavy atom. The van der Waals surface area contributed by atoms with E-state index in [4.69, 9.17) is 0 Å². The molecule has 0 saturated heterocycles. The van der Waals surface area contributed by atoms with Crippen molar-refractivity contribution in [1.29, 1.82) is 0 Å². The van der Waals surface area contributed by atoms with Crippen LogP contribution in [-0.4, -0.2) is 30.7 Å². The number of aliphatic imine (C=N–C) groups is 1. The Morgan fingerprint density at radius 1 is 1.25 bits per heavy atom. The molecule has 1 aliphatic heterocycles. The van der Waals surface area contributed by atoms with E-state index in [0.29, 0.717) is 11.8 Å². The highest BCUT2D eigenvalue weighted by atomic mass is 32.2. The number of rotatable bonds is 5. The minimum atomic E-state index is 0.204. The summed E-state index contributed by atoms with van der Waals surface area (Å²) in [6.07, 6.45) is 2.11. The molecule has 5 heteroatoms. The van der Waals surface area contributed by atoms with E-state index in [0.717, 1.165) is 31.1 Å². The second-order valence-corrected chi connectivity index (χ2v) is 6.35. The van der Waals surface area contributed by atoms with Crippen LogP contribution in [0.5, 0.6) is 0 Å². The molecule has 4 nitrogen and oxygen atoms in total. The summed E-state index contributed by atoms with van der Waals surface area (Å²) in [7, 11) is 0. The molecule has 106 valence electrons. The first kappa shape index (κ1) is 13.5. The molecular weight excluding hydrogens is 270 g/mol. The van der Waals surface area contributed by atoms with Crippen molar-refractivity contribution in [2.24, 2.45) is 10.9 Å². The summed E-state index contributed by atoms with van der Waals surface area (Å²) in [5.41, 5.74) is 1.32. The minimum Gasteiger partial charge on any atom is -0.363 e. The van der Waals surface area contributed by atoms with E-state index in [1.807, 2.05) is 6.07 Å². The minimum absolute atomic E-state index is 0.204. The molecule has 1 saturated carbocycles. The van der Waals surface area contributed by atoms with Gasteiger partial charge >= 0.3 is 0 Å². The van der Waals surface area contributed by atoms with Crippen LogP contribution in [0.4, 0.5) is 0 Å². The normalized spacial score (nSPS) is 21.4. The van der Waals surface area contributed by atoms with E-state index >= 15 is 0 Å². The Labute approximate surface area is 123 Å². The highest BCUT2D eigenvalue weighted by Gasteiger charge is 2.29. The van der Waals surface area contributed by atoms with Crippen molar-refractivity contribution in [3.05, 3.63) is 35.9 Å². The second-order valence-electron chi connectivity index (χ2n) is 5.16. The fourth-order valence-electron chi connectivity index (χ4n) is 2.16. The summed E-state index contributed by atoms with van der Waals surface area (Å²) in [5, 5.41) is 7.64. The summed E-state index contributed by atoms with van der Waals surface area (Å²) in [6.45, 7) is 2.24. The van der Waals surface area contributed by atoms with Gasteiger partial charge in [0.2, 0.25) is 5.91 Å². The largest absolute Gasteiger partial charge is 0.363 e. The number of hydrogen-bond acceptors (Lipinski definition) is 4. The standard InChI is InChI=1S/C15H19N3OS/c19-14(12-6-7-12)16-8-9-17-15-18-10-13(20-15)11-4-2-1-3-5-11/h1-5,12-13H,6-10H2,(H,16,19)(H,17,18). The maximum absolute atomic E-state index is 11.5. The summed E-state index contributed by atoms with van der Waals surface area (Å²) < 4.78 is 0. The first-order valence-electron chi connectivity index (χ1n) is 7.10. The molecule has 1 fully saturated rings. The third kappa shape index (κ3) is 3.54. The molecule has 0 radical (unpaired) electrons. The lowest BCUT2D eigenvalue weighted by molar-refractivity contribution is -0.122.